The standard InChI is InChI=1S/C43H51N5O7/c1-3-4-5-12-17-38(49)45-37(43(54)55-2)24-44-39(50)29-18-20-30(21-19-29)42(53)48-25-33(40(51)46-35-22-31(35)27-13-8-6-9-14-27)34(26-48)41(52)47-36-23-32(36)28-15-10-7-11-16-28/h6-11,13-16,18-21,31-37H,3-5,12,17,22-26H2,1-2H3,(H,44,50)(H,45,49)(H,46,51)(H,47,52)/t31-,32-,33-,34-,35+,36+,37+/m1/s1. The van der Waals surface area contributed by atoms with E-state index in [9.17, 15) is 28.8 Å². The Morgan fingerprint density at radius 1 is 0.709 bits per heavy atom. The van der Waals surface area contributed by atoms with Gasteiger partial charge >= 0.3 is 5.97 Å². The lowest BCUT2D eigenvalue weighted by Crippen LogP contribution is -2.48. The minimum Gasteiger partial charge on any atom is -0.467 e. The molecule has 7 atom stereocenters. The third-order valence-corrected chi connectivity index (χ3v) is 10.9. The smallest absolute Gasteiger partial charge is 0.330 e. The molecule has 3 fully saturated rings. The van der Waals surface area contributed by atoms with Crippen LogP contribution in [0, 0.1) is 11.8 Å². The average Bonchev–Trinajstić information content (AvgIpc) is 4.12. The molecular formula is C43H51N5O7. The van der Waals surface area contributed by atoms with Crippen LogP contribution >= 0.6 is 0 Å². The summed E-state index contributed by atoms with van der Waals surface area (Å²) in [5.41, 5.74) is 2.87. The lowest BCUT2D eigenvalue weighted by atomic mass is 9.94. The van der Waals surface area contributed by atoms with Gasteiger partial charge in [-0.15, -0.1) is 0 Å². The molecule has 2 aliphatic carbocycles. The van der Waals surface area contributed by atoms with Crippen LogP contribution in [0.25, 0.3) is 0 Å². The summed E-state index contributed by atoms with van der Waals surface area (Å²) in [4.78, 5) is 80.6. The molecule has 4 N–H and O–H groups in total. The van der Waals surface area contributed by atoms with Crippen molar-refractivity contribution in [1.82, 2.24) is 26.2 Å². The topological polar surface area (TPSA) is 163 Å². The molecule has 12 heteroatoms. The van der Waals surface area contributed by atoms with Gasteiger partial charge in [0.1, 0.15) is 6.04 Å². The minimum absolute atomic E-state index is 0.0253. The molecule has 0 bridgehead atoms. The Labute approximate surface area is 322 Å². The van der Waals surface area contributed by atoms with Crippen LogP contribution in [-0.2, 0) is 23.9 Å². The van der Waals surface area contributed by atoms with E-state index in [2.05, 4.69) is 28.2 Å². The summed E-state index contributed by atoms with van der Waals surface area (Å²) in [6.07, 6.45) is 5.59. The van der Waals surface area contributed by atoms with Crippen molar-refractivity contribution in [3.8, 4) is 0 Å². The normalized spacial score (nSPS) is 22.8. The van der Waals surface area contributed by atoms with Gasteiger partial charge in [-0.2, -0.15) is 0 Å². The van der Waals surface area contributed by atoms with Crippen LogP contribution < -0.4 is 21.3 Å². The molecule has 6 rings (SSSR count). The summed E-state index contributed by atoms with van der Waals surface area (Å²) in [6, 6.07) is 25.0. The van der Waals surface area contributed by atoms with Gasteiger partial charge in [-0.1, -0.05) is 86.8 Å². The maximum Gasteiger partial charge on any atom is 0.330 e. The van der Waals surface area contributed by atoms with Crippen molar-refractivity contribution in [1.29, 1.82) is 0 Å². The fourth-order valence-corrected chi connectivity index (χ4v) is 7.48. The molecule has 1 saturated heterocycles. The van der Waals surface area contributed by atoms with Gasteiger partial charge in [0.2, 0.25) is 17.7 Å². The molecule has 290 valence electrons. The summed E-state index contributed by atoms with van der Waals surface area (Å²) in [6.45, 7) is 2.07. The van der Waals surface area contributed by atoms with Gasteiger partial charge in [0.05, 0.1) is 18.9 Å². The Balaban J connectivity index is 1.07. The molecule has 0 spiro atoms. The number of likely N-dealkylation sites (tertiary alicyclic amines) is 1. The highest BCUT2D eigenvalue weighted by Gasteiger charge is 2.49. The first-order valence-corrected chi connectivity index (χ1v) is 19.4. The molecule has 5 amide bonds. The van der Waals surface area contributed by atoms with Crippen LogP contribution in [0.3, 0.4) is 0 Å². The van der Waals surface area contributed by atoms with Crippen LogP contribution in [0.15, 0.2) is 84.9 Å². The molecule has 3 aromatic rings. The summed E-state index contributed by atoms with van der Waals surface area (Å²) in [5, 5.41) is 11.6. The molecule has 55 heavy (non-hydrogen) atoms. The van der Waals surface area contributed by atoms with E-state index in [-0.39, 0.29) is 79.2 Å². The van der Waals surface area contributed by atoms with Gasteiger partial charge in [-0.25, -0.2) is 4.79 Å². The van der Waals surface area contributed by atoms with Crippen LogP contribution in [0.2, 0.25) is 0 Å². The largest absolute Gasteiger partial charge is 0.467 e. The van der Waals surface area contributed by atoms with Crippen molar-refractivity contribution in [2.45, 2.75) is 81.8 Å². The Bertz CT molecular complexity index is 1760. The van der Waals surface area contributed by atoms with E-state index < -0.39 is 29.8 Å². The Morgan fingerprint density at radius 2 is 1.24 bits per heavy atom. The van der Waals surface area contributed by atoms with E-state index >= 15 is 0 Å². The first-order valence-electron chi connectivity index (χ1n) is 19.4. The van der Waals surface area contributed by atoms with Crippen LogP contribution in [0.4, 0.5) is 0 Å². The third-order valence-electron chi connectivity index (χ3n) is 10.9. The third kappa shape index (κ3) is 10.2. The molecule has 0 unspecified atom stereocenters. The Kier molecular flexibility index (Phi) is 13.0. The number of carbonyl (C=O) groups excluding carboxylic acids is 6. The molecule has 12 nitrogen and oxygen atoms in total. The lowest BCUT2D eigenvalue weighted by molar-refractivity contribution is -0.144. The van der Waals surface area contributed by atoms with E-state index in [1.165, 1.54) is 31.4 Å². The fourth-order valence-electron chi connectivity index (χ4n) is 7.48. The number of amides is 5. The zero-order valence-electron chi connectivity index (χ0n) is 31.5. The van der Waals surface area contributed by atoms with Crippen molar-refractivity contribution in [2.24, 2.45) is 11.8 Å². The predicted molar refractivity (Wildman–Crippen MR) is 206 cm³/mol. The number of benzene rings is 3. The minimum atomic E-state index is -1.05. The molecule has 0 radical (unpaired) electrons. The fraction of sp³-hybridized carbons (Fsp3) is 0.442. The molecule has 2 saturated carbocycles. The average molecular weight is 750 g/mol. The maximum atomic E-state index is 13.8. The van der Waals surface area contributed by atoms with Crippen LogP contribution in [0.1, 0.15) is 95.5 Å². The van der Waals surface area contributed by atoms with E-state index in [1.54, 1.807) is 4.90 Å². The van der Waals surface area contributed by atoms with Gasteiger partial charge < -0.3 is 30.9 Å². The Morgan fingerprint density at radius 3 is 1.75 bits per heavy atom. The lowest BCUT2D eigenvalue weighted by Gasteiger charge is -2.18. The number of nitrogens with zero attached hydrogens (tertiary/aromatic N) is 1. The number of methoxy groups -OCH3 is 1. The molecule has 1 heterocycles. The summed E-state index contributed by atoms with van der Waals surface area (Å²) in [7, 11) is 1.22. The summed E-state index contributed by atoms with van der Waals surface area (Å²) >= 11 is 0. The van der Waals surface area contributed by atoms with Gasteiger partial charge in [-0.3, -0.25) is 24.0 Å². The zero-order chi connectivity index (χ0) is 38.9. The second-order valence-corrected chi connectivity index (χ2v) is 14.9. The number of unbranched alkanes of at least 4 members (excludes halogenated alkanes) is 3. The van der Waals surface area contributed by atoms with Crippen molar-refractivity contribution in [2.75, 3.05) is 26.7 Å². The van der Waals surface area contributed by atoms with Gasteiger partial charge in [-0.05, 0) is 54.7 Å². The zero-order valence-corrected chi connectivity index (χ0v) is 31.5. The van der Waals surface area contributed by atoms with E-state index in [0.29, 0.717) is 12.0 Å². The quantitative estimate of drug-likeness (QED) is 0.119. The number of ether oxygens (including phenoxy) is 1. The number of hydrogen-bond donors (Lipinski definition) is 4. The summed E-state index contributed by atoms with van der Waals surface area (Å²) in [5.74, 6) is -3.30. The van der Waals surface area contributed by atoms with Crippen molar-refractivity contribution in [3.63, 3.8) is 0 Å². The number of carbonyl (C=O) groups is 6. The highest BCUT2D eigenvalue weighted by Crippen LogP contribution is 2.42. The van der Waals surface area contributed by atoms with Crippen molar-refractivity contribution < 1.29 is 33.5 Å². The van der Waals surface area contributed by atoms with E-state index in [4.69, 9.17) is 4.74 Å². The van der Waals surface area contributed by atoms with Crippen LogP contribution in [-0.4, -0.2) is 85.3 Å². The van der Waals surface area contributed by atoms with Crippen LogP contribution in [0.5, 0.6) is 0 Å². The van der Waals surface area contributed by atoms with E-state index in [1.807, 2.05) is 60.7 Å². The predicted octanol–water partition coefficient (Wildman–Crippen LogP) is 4.08. The maximum absolute atomic E-state index is 13.8. The molecule has 3 aromatic carbocycles. The van der Waals surface area contributed by atoms with Gasteiger partial charge in [0.25, 0.3) is 11.8 Å². The second-order valence-electron chi connectivity index (χ2n) is 14.9. The summed E-state index contributed by atoms with van der Waals surface area (Å²) < 4.78 is 4.82. The SMILES string of the molecule is CCCCCCC(=O)N[C@@H](CNC(=O)c1ccc(C(=O)N2C[C@@H](C(=O)N[C@H]3C[C@@H]3c3ccccc3)[C@H](C(=O)N[C@H]3C[C@@H]3c3ccccc3)C2)cc1)C(=O)OC. The first-order chi connectivity index (χ1) is 26.7. The molecular weight excluding hydrogens is 699 g/mol. The van der Waals surface area contributed by atoms with Gasteiger partial charge in [0, 0.05) is 61.1 Å². The van der Waals surface area contributed by atoms with Crippen molar-refractivity contribution in [3.05, 3.63) is 107 Å². The second kappa shape index (κ2) is 18.2. The highest BCUT2D eigenvalue weighted by molar-refractivity contribution is 5.99. The number of hydrogen-bond acceptors (Lipinski definition) is 7. The first kappa shape index (κ1) is 39.2. The molecule has 3 aliphatic rings. The molecule has 1 aliphatic heterocycles. The highest BCUT2D eigenvalue weighted by atomic mass is 16.5. The van der Waals surface area contributed by atoms with Crippen molar-refractivity contribution >= 4 is 35.5 Å². The number of rotatable bonds is 17. The number of esters is 1. The molecule has 0 aromatic heterocycles. The number of nitrogens with one attached hydrogen (secondary N) is 4. The monoisotopic (exact) mass is 749 g/mol. The van der Waals surface area contributed by atoms with E-state index in [0.717, 1.165) is 43.2 Å². The Hall–Kier alpha value is -5.52. The van der Waals surface area contributed by atoms with Gasteiger partial charge in [0.15, 0.2) is 0 Å².